The maximum atomic E-state index is 13.6. The lowest BCUT2D eigenvalue weighted by atomic mass is 10.1. The molecular weight excluding hydrogens is 532 g/mol. The van der Waals surface area contributed by atoms with Gasteiger partial charge in [-0.05, 0) is 51.6 Å². The van der Waals surface area contributed by atoms with Crippen LogP contribution in [0.1, 0.15) is 90.1 Å². The summed E-state index contributed by atoms with van der Waals surface area (Å²) in [6, 6.07) is 3.30. The lowest BCUT2D eigenvalue weighted by molar-refractivity contribution is -0.138. The number of alkyl carbamates (subject to hydrolysis) is 1. The van der Waals surface area contributed by atoms with E-state index in [1.54, 1.807) is 20.8 Å². The number of amides is 1. The maximum absolute atomic E-state index is 13.6. The van der Waals surface area contributed by atoms with Gasteiger partial charge in [-0.25, -0.2) is 9.18 Å². The minimum atomic E-state index is -4.58. The fraction of sp³-hybridized carbons (Fsp3) is 0.607. The molecule has 8 nitrogen and oxygen atoms in total. The fourth-order valence-corrected chi connectivity index (χ4v) is 3.85. The van der Waals surface area contributed by atoms with Crippen LogP contribution in [0.3, 0.4) is 0 Å². The molecule has 0 spiro atoms. The van der Waals surface area contributed by atoms with Gasteiger partial charge in [0.1, 0.15) is 17.5 Å². The molecule has 1 aromatic heterocycles. The zero-order chi connectivity index (χ0) is 29.8. The van der Waals surface area contributed by atoms with Crippen molar-refractivity contribution in [1.29, 1.82) is 0 Å². The zero-order valence-corrected chi connectivity index (χ0v) is 23.6. The monoisotopic (exact) mass is 572 g/mol. The van der Waals surface area contributed by atoms with E-state index in [0.717, 1.165) is 31.7 Å². The number of carbonyl (C=O) groups is 1. The molecule has 1 fully saturated rings. The number of nitrogens with one attached hydrogen (secondary N) is 2. The summed E-state index contributed by atoms with van der Waals surface area (Å²) in [5, 5.41) is 8.97. The van der Waals surface area contributed by atoms with E-state index in [-0.39, 0.29) is 42.6 Å². The summed E-state index contributed by atoms with van der Waals surface area (Å²) in [7, 11) is 0. The topological polar surface area (TPSA) is 98.5 Å². The maximum Gasteiger partial charge on any atom is 0.419 e. The lowest BCUT2D eigenvalue weighted by Crippen LogP contribution is -2.29. The number of alkyl halides is 4. The molecule has 12 heteroatoms. The standard InChI is InChI=1S/C21H27F4N3O2.C7H13NO2/c1-2-3-4-5-6-7-10-29-18-9-8-14(11-16(18)21(23,24)25)19-27-20(30-28-19)17-12-15(22)13-26-17;1-5-8-6(9)10-7(2,3)4/h8-9,11,15,17,26H,2-7,10,12-13H2,1H3;5H,1H2,2-4H3,(H,8,9)/t15-,17-;/m0./s1. The SMILES string of the molecule is C=CNC(=O)OC(C)(C)C.CCCCCCCCOc1ccc(-c2noc([C@@H]3C[C@H](F)CN3)n2)cc1C(F)(F)F. The average molecular weight is 573 g/mol. The van der Waals surface area contributed by atoms with Gasteiger partial charge < -0.3 is 19.3 Å². The Morgan fingerprint density at radius 3 is 2.50 bits per heavy atom. The molecule has 40 heavy (non-hydrogen) atoms. The van der Waals surface area contributed by atoms with Gasteiger partial charge in [0, 0.05) is 18.5 Å². The van der Waals surface area contributed by atoms with Crippen molar-refractivity contribution in [1.82, 2.24) is 20.8 Å². The summed E-state index contributed by atoms with van der Waals surface area (Å²) in [6.07, 6.45) is 1.57. The first-order valence-corrected chi connectivity index (χ1v) is 13.5. The van der Waals surface area contributed by atoms with Crippen molar-refractivity contribution in [2.75, 3.05) is 13.2 Å². The number of benzene rings is 1. The van der Waals surface area contributed by atoms with Crippen LogP contribution < -0.4 is 15.4 Å². The van der Waals surface area contributed by atoms with Gasteiger partial charge in [0.2, 0.25) is 11.7 Å². The van der Waals surface area contributed by atoms with Crippen LogP contribution in [0.5, 0.6) is 5.75 Å². The van der Waals surface area contributed by atoms with Crippen molar-refractivity contribution in [3.05, 3.63) is 42.4 Å². The molecular formula is C28H40F4N4O4. The quantitative estimate of drug-likeness (QED) is 0.212. The molecule has 2 aromatic rings. The molecule has 0 saturated carbocycles. The molecule has 1 aliphatic heterocycles. The van der Waals surface area contributed by atoms with E-state index in [1.807, 2.05) is 0 Å². The number of hydrogen-bond acceptors (Lipinski definition) is 7. The van der Waals surface area contributed by atoms with Crippen LogP contribution in [-0.4, -0.2) is 41.2 Å². The molecule has 2 atom stereocenters. The molecule has 1 aromatic carbocycles. The van der Waals surface area contributed by atoms with Crippen molar-refractivity contribution in [3.63, 3.8) is 0 Å². The van der Waals surface area contributed by atoms with Crippen LogP contribution in [0, 0.1) is 0 Å². The molecule has 1 saturated heterocycles. The fourth-order valence-electron chi connectivity index (χ4n) is 3.85. The Bertz CT molecular complexity index is 1070. The van der Waals surface area contributed by atoms with Gasteiger partial charge in [-0.2, -0.15) is 18.2 Å². The van der Waals surface area contributed by atoms with Crippen LogP contribution >= 0.6 is 0 Å². The first-order chi connectivity index (χ1) is 18.8. The van der Waals surface area contributed by atoms with Crippen LogP contribution in [-0.2, 0) is 10.9 Å². The average Bonchev–Trinajstić information content (AvgIpc) is 3.52. The van der Waals surface area contributed by atoms with Gasteiger partial charge in [0.25, 0.3) is 0 Å². The molecule has 1 amide bonds. The number of aromatic nitrogens is 2. The van der Waals surface area contributed by atoms with E-state index >= 15 is 0 Å². The minimum Gasteiger partial charge on any atom is -0.493 e. The number of unbranched alkanes of at least 4 members (excludes halogenated alkanes) is 5. The van der Waals surface area contributed by atoms with Crippen LogP contribution in [0.2, 0.25) is 0 Å². The second kappa shape index (κ2) is 15.6. The molecule has 0 unspecified atom stereocenters. The lowest BCUT2D eigenvalue weighted by Gasteiger charge is -2.18. The Morgan fingerprint density at radius 2 is 1.90 bits per heavy atom. The summed E-state index contributed by atoms with van der Waals surface area (Å²) >= 11 is 0. The molecule has 1 aliphatic rings. The summed E-state index contributed by atoms with van der Waals surface area (Å²) in [5.74, 6) is -0.00884. The predicted molar refractivity (Wildman–Crippen MR) is 143 cm³/mol. The van der Waals surface area contributed by atoms with E-state index in [0.29, 0.717) is 6.42 Å². The number of halogens is 4. The summed E-state index contributed by atoms with van der Waals surface area (Å²) in [5.41, 5.74) is -1.15. The first-order valence-electron chi connectivity index (χ1n) is 13.5. The van der Waals surface area contributed by atoms with Crippen LogP contribution in [0.15, 0.2) is 35.5 Å². The molecule has 3 rings (SSSR count). The Morgan fingerprint density at radius 1 is 1.20 bits per heavy atom. The molecule has 2 N–H and O–H groups in total. The molecule has 224 valence electrons. The summed E-state index contributed by atoms with van der Waals surface area (Å²) < 4.78 is 69.4. The Labute approximate surface area is 232 Å². The van der Waals surface area contributed by atoms with Crippen molar-refractivity contribution in [2.45, 2.75) is 96.6 Å². The van der Waals surface area contributed by atoms with Gasteiger partial charge in [-0.1, -0.05) is 50.8 Å². The van der Waals surface area contributed by atoms with Crippen LogP contribution in [0.25, 0.3) is 11.4 Å². The Kier molecular flexibility index (Phi) is 12.9. The number of nitrogens with zero attached hydrogens (tertiary/aromatic N) is 2. The van der Waals surface area contributed by atoms with E-state index in [4.69, 9.17) is 14.0 Å². The zero-order valence-electron chi connectivity index (χ0n) is 23.6. The first kappa shape index (κ1) is 33.1. The van der Waals surface area contributed by atoms with Crippen molar-refractivity contribution in [2.24, 2.45) is 0 Å². The van der Waals surface area contributed by atoms with Crippen molar-refractivity contribution < 1.29 is 36.4 Å². The summed E-state index contributed by atoms with van der Waals surface area (Å²) in [6.45, 7) is 11.3. The van der Waals surface area contributed by atoms with E-state index < -0.39 is 35.6 Å². The predicted octanol–water partition coefficient (Wildman–Crippen LogP) is 7.52. The Hall–Kier alpha value is -3.15. The molecule has 0 bridgehead atoms. The smallest absolute Gasteiger partial charge is 0.419 e. The highest BCUT2D eigenvalue weighted by Gasteiger charge is 2.35. The summed E-state index contributed by atoms with van der Waals surface area (Å²) in [4.78, 5) is 14.8. The van der Waals surface area contributed by atoms with Gasteiger partial charge in [-0.15, -0.1) is 0 Å². The number of ether oxygens (including phenoxy) is 2. The normalized spacial score (nSPS) is 17.1. The molecule has 0 aliphatic carbocycles. The number of hydrogen-bond donors (Lipinski definition) is 2. The minimum absolute atomic E-state index is 0.0297. The second-order valence-electron chi connectivity index (χ2n) is 10.4. The third-order valence-corrected chi connectivity index (χ3v) is 5.73. The second-order valence-corrected chi connectivity index (χ2v) is 10.4. The van der Waals surface area contributed by atoms with E-state index in [2.05, 4.69) is 34.3 Å². The van der Waals surface area contributed by atoms with Gasteiger partial charge in [-0.3, -0.25) is 5.32 Å². The largest absolute Gasteiger partial charge is 0.493 e. The highest BCUT2D eigenvalue weighted by molar-refractivity contribution is 5.68. The molecule has 0 radical (unpaired) electrons. The number of carbonyl (C=O) groups excluding carboxylic acids is 1. The van der Waals surface area contributed by atoms with Crippen molar-refractivity contribution in [3.8, 4) is 17.1 Å². The highest BCUT2D eigenvalue weighted by atomic mass is 19.4. The number of rotatable bonds is 11. The highest BCUT2D eigenvalue weighted by Crippen LogP contribution is 2.39. The molecule has 2 heterocycles. The third-order valence-electron chi connectivity index (χ3n) is 5.73. The van der Waals surface area contributed by atoms with Gasteiger partial charge in [0.15, 0.2) is 0 Å². The van der Waals surface area contributed by atoms with E-state index in [1.165, 1.54) is 24.8 Å². The van der Waals surface area contributed by atoms with Gasteiger partial charge in [0.05, 0.1) is 18.2 Å². The van der Waals surface area contributed by atoms with Crippen molar-refractivity contribution >= 4 is 6.09 Å². The van der Waals surface area contributed by atoms with E-state index in [9.17, 15) is 22.4 Å². The third kappa shape index (κ3) is 11.5. The van der Waals surface area contributed by atoms with Crippen LogP contribution in [0.4, 0.5) is 22.4 Å². The Balaban J connectivity index is 0.000000478. The van der Waals surface area contributed by atoms with Gasteiger partial charge >= 0.3 is 12.3 Å².